The number of thioether (sulfide) groups is 1. The molecular weight excluding hydrogens is 389 g/mol. The Morgan fingerprint density at radius 1 is 0.966 bits per heavy atom. The summed E-state index contributed by atoms with van der Waals surface area (Å²) in [5.41, 5.74) is 1.11. The number of hydrogen-bond acceptors (Lipinski definition) is 3. The average Bonchev–Trinajstić information content (AvgIpc) is 3.08. The first kappa shape index (κ1) is 19.0. The molecule has 0 aliphatic rings. The van der Waals surface area contributed by atoms with Crippen LogP contribution >= 0.6 is 11.8 Å². The minimum absolute atomic E-state index is 0.0487. The van der Waals surface area contributed by atoms with Crippen molar-refractivity contribution in [2.24, 2.45) is 0 Å². The lowest BCUT2D eigenvalue weighted by Gasteiger charge is -2.10. The van der Waals surface area contributed by atoms with Gasteiger partial charge in [-0.15, -0.1) is 11.8 Å². The summed E-state index contributed by atoms with van der Waals surface area (Å²) in [6.07, 6.45) is 1.94. The fourth-order valence-electron chi connectivity index (χ4n) is 3.43. The van der Waals surface area contributed by atoms with Crippen LogP contribution in [0.5, 0.6) is 0 Å². The third-order valence-electron chi connectivity index (χ3n) is 4.73. The Bertz CT molecular complexity index is 1230. The van der Waals surface area contributed by atoms with E-state index in [1.54, 1.807) is 54.2 Å². The van der Waals surface area contributed by atoms with Gasteiger partial charge in [0.05, 0.1) is 11.1 Å². The van der Waals surface area contributed by atoms with E-state index in [2.05, 4.69) is 0 Å². The average molecular weight is 405 g/mol. The molecule has 3 aromatic carbocycles. The maximum absolute atomic E-state index is 14.1. The highest BCUT2D eigenvalue weighted by Crippen LogP contribution is 2.32. The second-order valence-corrected chi connectivity index (χ2v) is 7.30. The first-order valence-electron chi connectivity index (χ1n) is 8.82. The lowest BCUT2D eigenvalue weighted by atomic mass is 10.00. The summed E-state index contributed by atoms with van der Waals surface area (Å²) in [5, 5.41) is 10.4. The molecule has 4 aromatic rings. The van der Waals surface area contributed by atoms with E-state index >= 15 is 0 Å². The molecule has 0 bridgehead atoms. The number of nitrogens with zero attached hydrogens (tertiary/aromatic N) is 1. The number of aromatic carboxylic acids is 1. The molecule has 0 amide bonds. The Kier molecular flexibility index (Phi) is 4.94. The summed E-state index contributed by atoms with van der Waals surface area (Å²) in [6, 6.07) is 19.7. The highest BCUT2D eigenvalue weighted by Gasteiger charge is 2.28. The van der Waals surface area contributed by atoms with Crippen molar-refractivity contribution in [2.75, 3.05) is 6.26 Å². The van der Waals surface area contributed by atoms with Gasteiger partial charge < -0.3 is 9.67 Å². The van der Waals surface area contributed by atoms with Gasteiger partial charge in [-0.25, -0.2) is 9.18 Å². The highest BCUT2D eigenvalue weighted by molar-refractivity contribution is 7.98. The molecule has 0 fully saturated rings. The van der Waals surface area contributed by atoms with E-state index in [0.29, 0.717) is 22.2 Å². The van der Waals surface area contributed by atoms with Crippen molar-refractivity contribution >= 4 is 34.4 Å². The molecule has 1 aromatic heterocycles. The lowest BCUT2D eigenvalue weighted by Crippen LogP contribution is -2.13. The van der Waals surface area contributed by atoms with Crippen LogP contribution < -0.4 is 0 Å². The molecular formula is C23H16FNO3S. The second kappa shape index (κ2) is 7.56. The van der Waals surface area contributed by atoms with Crippen molar-refractivity contribution in [3.05, 3.63) is 95.4 Å². The molecule has 29 heavy (non-hydrogen) atoms. The normalized spacial score (nSPS) is 11.0. The Balaban J connectivity index is 2.07. The molecule has 144 valence electrons. The maximum atomic E-state index is 14.1. The molecule has 0 unspecified atom stereocenters. The lowest BCUT2D eigenvalue weighted by molar-refractivity contribution is 0.0684. The van der Waals surface area contributed by atoms with Crippen molar-refractivity contribution in [1.29, 1.82) is 0 Å². The zero-order chi connectivity index (χ0) is 20.5. The molecule has 0 radical (unpaired) electrons. The number of aromatic nitrogens is 1. The van der Waals surface area contributed by atoms with Gasteiger partial charge in [-0.3, -0.25) is 4.79 Å². The number of halogens is 1. The first-order valence-corrected chi connectivity index (χ1v) is 10.0. The van der Waals surface area contributed by atoms with Crippen LogP contribution in [-0.2, 0) is 0 Å². The number of carbonyl (C=O) groups excluding carboxylic acids is 1. The standard InChI is InChI=1S/C23H16FNO3S/c1-29-17-10-8-16(9-11-17)25-19-13-15(24)7-12-18(19)20(21(25)23(27)28)22(26)14-5-3-2-4-6-14/h2-13H,1H3,(H,27,28). The van der Waals surface area contributed by atoms with Crippen LogP contribution in [0.2, 0.25) is 0 Å². The van der Waals surface area contributed by atoms with Crippen LogP contribution in [-0.4, -0.2) is 27.7 Å². The fourth-order valence-corrected chi connectivity index (χ4v) is 3.84. The number of carbonyl (C=O) groups is 2. The summed E-state index contributed by atoms with van der Waals surface area (Å²) in [5.74, 6) is -2.18. The number of rotatable bonds is 5. The molecule has 0 saturated heterocycles. The van der Waals surface area contributed by atoms with Crippen molar-refractivity contribution in [2.45, 2.75) is 4.90 Å². The third-order valence-corrected chi connectivity index (χ3v) is 5.47. The van der Waals surface area contributed by atoms with Crippen LogP contribution in [0, 0.1) is 5.82 Å². The summed E-state index contributed by atoms with van der Waals surface area (Å²) in [6.45, 7) is 0. The molecule has 0 atom stereocenters. The topological polar surface area (TPSA) is 59.3 Å². The minimum Gasteiger partial charge on any atom is -0.477 e. The van der Waals surface area contributed by atoms with Crippen LogP contribution in [0.25, 0.3) is 16.6 Å². The van der Waals surface area contributed by atoms with Gasteiger partial charge in [0, 0.05) is 21.5 Å². The van der Waals surface area contributed by atoms with Crippen molar-refractivity contribution in [1.82, 2.24) is 4.57 Å². The van der Waals surface area contributed by atoms with Gasteiger partial charge in [0.1, 0.15) is 11.5 Å². The molecule has 6 heteroatoms. The monoisotopic (exact) mass is 405 g/mol. The van der Waals surface area contributed by atoms with Gasteiger partial charge in [-0.1, -0.05) is 30.3 Å². The Morgan fingerprint density at radius 3 is 2.28 bits per heavy atom. The van der Waals surface area contributed by atoms with Gasteiger partial charge in [-0.05, 0) is 48.7 Å². The maximum Gasteiger partial charge on any atom is 0.353 e. The summed E-state index contributed by atoms with van der Waals surface area (Å²) in [4.78, 5) is 26.5. The first-order chi connectivity index (χ1) is 14.0. The van der Waals surface area contributed by atoms with Gasteiger partial charge in [-0.2, -0.15) is 0 Å². The molecule has 0 saturated carbocycles. The number of fused-ring (bicyclic) bond motifs is 1. The molecule has 0 spiro atoms. The van der Waals surface area contributed by atoms with Gasteiger partial charge >= 0.3 is 5.97 Å². The van der Waals surface area contributed by atoms with Crippen molar-refractivity contribution < 1.29 is 19.1 Å². The zero-order valence-electron chi connectivity index (χ0n) is 15.4. The number of benzene rings is 3. The largest absolute Gasteiger partial charge is 0.477 e. The number of carboxylic acid groups (broad SMARTS) is 1. The van der Waals surface area contributed by atoms with Crippen LogP contribution in [0.1, 0.15) is 26.4 Å². The minimum atomic E-state index is -1.25. The molecule has 0 aliphatic heterocycles. The third kappa shape index (κ3) is 3.32. The number of ketones is 1. The quantitative estimate of drug-likeness (QED) is 0.356. The van der Waals surface area contributed by atoms with E-state index in [0.717, 1.165) is 4.90 Å². The van der Waals surface area contributed by atoms with Crippen LogP contribution in [0.4, 0.5) is 4.39 Å². The predicted molar refractivity (Wildman–Crippen MR) is 112 cm³/mol. The molecule has 0 aliphatic carbocycles. The van der Waals surface area contributed by atoms with Crippen molar-refractivity contribution in [3.63, 3.8) is 0 Å². The molecule has 4 nitrogen and oxygen atoms in total. The zero-order valence-corrected chi connectivity index (χ0v) is 16.2. The molecule has 1 N–H and O–H groups in total. The Morgan fingerprint density at radius 2 is 1.66 bits per heavy atom. The van der Waals surface area contributed by atoms with E-state index in [1.807, 2.05) is 18.4 Å². The smallest absolute Gasteiger partial charge is 0.353 e. The summed E-state index contributed by atoms with van der Waals surface area (Å²) in [7, 11) is 0. The SMILES string of the molecule is CSc1ccc(-n2c(C(=O)O)c(C(=O)c3ccccc3)c3ccc(F)cc32)cc1. The summed E-state index contributed by atoms with van der Waals surface area (Å²) < 4.78 is 15.5. The fraction of sp³-hybridized carbons (Fsp3) is 0.0435. The van der Waals surface area contributed by atoms with E-state index < -0.39 is 17.6 Å². The molecule has 1 heterocycles. The second-order valence-electron chi connectivity index (χ2n) is 6.42. The van der Waals surface area contributed by atoms with E-state index in [4.69, 9.17) is 0 Å². The number of carboxylic acids is 1. The van der Waals surface area contributed by atoms with Gasteiger partial charge in [0.25, 0.3) is 0 Å². The highest BCUT2D eigenvalue weighted by atomic mass is 32.2. The van der Waals surface area contributed by atoms with E-state index in [9.17, 15) is 19.1 Å². The Labute approximate surface area is 170 Å². The van der Waals surface area contributed by atoms with Crippen LogP contribution in [0.3, 0.4) is 0 Å². The predicted octanol–water partition coefficient (Wildman–Crippen LogP) is 5.42. The Hall–Kier alpha value is -3.38. The molecule has 4 rings (SSSR count). The van der Waals surface area contributed by atoms with E-state index in [1.165, 1.54) is 22.8 Å². The van der Waals surface area contributed by atoms with Gasteiger partial charge in [0.15, 0.2) is 5.78 Å². The van der Waals surface area contributed by atoms with Crippen LogP contribution in [0.15, 0.2) is 77.7 Å². The van der Waals surface area contributed by atoms with E-state index in [-0.39, 0.29) is 11.3 Å². The van der Waals surface area contributed by atoms with Crippen molar-refractivity contribution in [3.8, 4) is 5.69 Å². The summed E-state index contributed by atoms with van der Waals surface area (Å²) >= 11 is 1.56. The number of hydrogen-bond donors (Lipinski definition) is 1. The van der Waals surface area contributed by atoms with Gasteiger partial charge in [0.2, 0.25) is 0 Å².